The minimum absolute atomic E-state index is 0.0882. The molecule has 18 heavy (non-hydrogen) atoms. The zero-order valence-corrected chi connectivity index (χ0v) is 12.7. The average molecular weight is 278 g/mol. The van der Waals surface area contributed by atoms with Gasteiger partial charge in [0.05, 0.1) is 5.25 Å². The Balaban J connectivity index is 2.60. The van der Waals surface area contributed by atoms with Crippen molar-refractivity contribution in [2.75, 3.05) is 26.8 Å². The fourth-order valence-corrected chi connectivity index (χ4v) is 3.55. The second kappa shape index (κ2) is 6.84. The van der Waals surface area contributed by atoms with Crippen LogP contribution < -0.4 is 5.32 Å². The largest absolute Gasteiger partial charge is 0.381 e. The molecule has 0 radical (unpaired) electrons. The van der Waals surface area contributed by atoms with Crippen LogP contribution in [0.1, 0.15) is 33.6 Å². The Morgan fingerprint density at radius 1 is 1.28 bits per heavy atom. The van der Waals surface area contributed by atoms with Gasteiger partial charge in [0, 0.05) is 38.9 Å². The minimum atomic E-state index is -3.22. The lowest BCUT2D eigenvalue weighted by Gasteiger charge is -2.32. The van der Waals surface area contributed by atoms with Gasteiger partial charge in [-0.05, 0) is 19.8 Å². The van der Waals surface area contributed by atoms with Crippen molar-refractivity contribution in [1.82, 2.24) is 9.62 Å². The van der Waals surface area contributed by atoms with E-state index in [2.05, 4.69) is 5.32 Å². The summed E-state index contributed by atoms with van der Waals surface area (Å²) in [5.74, 6) is 0. The third-order valence-corrected chi connectivity index (χ3v) is 5.71. The summed E-state index contributed by atoms with van der Waals surface area (Å²) in [4.78, 5) is 0. The molecule has 108 valence electrons. The highest BCUT2D eigenvalue weighted by Gasteiger charge is 2.32. The Morgan fingerprint density at radius 3 is 2.33 bits per heavy atom. The third kappa shape index (κ3) is 4.19. The van der Waals surface area contributed by atoms with E-state index in [4.69, 9.17) is 4.74 Å². The molecular weight excluding hydrogens is 252 g/mol. The maximum atomic E-state index is 12.4. The molecule has 1 N–H and O–H groups in total. The van der Waals surface area contributed by atoms with Gasteiger partial charge in [-0.25, -0.2) is 12.7 Å². The van der Waals surface area contributed by atoms with Gasteiger partial charge in [0.2, 0.25) is 10.0 Å². The number of ether oxygens (including phenoxy) is 1. The second-order valence-electron chi connectivity index (χ2n) is 5.28. The lowest BCUT2D eigenvalue weighted by molar-refractivity contribution is 0.0630. The summed E-state index contributed by atoms with van der Waals surface area (Å²) in [6.07, 6.45) is 1.58. The molecule has 1 aliphatic heterocycles. The molecule has 1 rings (SSSR count). The molecule has 0 spiro atoms. The Kier molecular flexibility index (Phi) is 6.04. The molecule has 1 saturated heterocycles. The van der Waals surface area contributed by atoms with E-state index >= 15 is 0 Å². The molecule has 0 saturated carbocycles. The fraction of sp³-hybridized carbons (Fsp3) is 1.00. The van der Waals surface area contributed by atoms with Gasteiger partial charge >= 0.3 is 0 Å². The summed E-state index contributed by atoms with van der Waals surface area (Å²) in [5.41, 5.74) is 0. The second-order valence-corrected chi connectivity index (χ2v) is 7.69. The molecule has 1 atom stereocenters. The van der Waals surface area contributed by atoms with E-state index in [-0.39, 0.29) is 6.04 Å². The molecule has 5 nitrogen and oxygen atoms in total. The SMILES string of the molecule is CC(C)NCC(C)S(=O)(=O)N(C)C1CCOCC1. The molecule has 0 amide bonds. The molecule has 1 unspecified atom stereocenters. The lowest BCUT2D eigenvalue weighted by Crippen LogP contribution is -2.47. The lowest BCUT2D eigenvalue weighted by atomic mass is 10.1. The van der Waals surface area contributed by atoms with Crippen LogP contribution in [0.15, 0.2) is 0 Å². The van der Waals surface area contributed by atoms with Gasteiger partial charge in [0.25, 0.3) is 0 Å². The van der Waals surface area contributed by atoms with Gasteiger partial charge in [0.15, 0.2) is 0 Å². The molecule has 0 aliphatic carbocycles. The van der Waals surface area contributed by atoms with Crippen LogP contribution in [0.25, 0.3) is 0 Å². The van der Waals surface area contributed by atoms with Crippen LogP contribution in [-0.4, -0.2) is 56.9 Å². The first kappa shape index (κ1) is 15.9. The molecular formula is C12H26N2O3S. The number of hydrogen-bond donors (Lipinski definition) is 1. The number of rotatable bonds is 6. The number of nitrogens with zero attached hydrogens (tertiary/aromatic N) is 1. The van der Waals surface area contributed by atoms with Crippen molar-refractivity contribution in [3.63, 3.8) is 0 Å². The van der Waals surface area contributed by atoms with E-state index < -0.39 is 15.3 Å². The predicted molar refractivity (Wildman–Crippen MR) is 73.1 cm³/mol. The summed E-state index contributed by atoms with van der Waals surface area (Å²) >= 11 is 0. The normalized spacial score (nSPS) is 20.6. The molecule has 0 aromatic carbocycles. The van der Waals surface area contributed by atoms with E-state index in [0.29, 0.717) is 25.8 Å². The van der Waals surface area contributed by atoms with Crippen LogP contribution in [0.5, 0.6) is 0 Å². The smallest absolute Gasteiger partial charge is 0.217 e. The Hall–Kier alpha value is -0.170. The zero-order valence-electron chi connectivity index (χ0n) is 11.8. The van der Waals surface area contributed by atoms with Crippen molar-refractivity contribution >= 4 is 10.0 Å². The topological polar surface area (TPSA) is 58.6 Å². The van der Waals surface area contributed by atoms with Gasteiger partial charge in [-0.1, -0.05) is 13.8 Å². The van der Waals surface area contributed by atoms with E-state index in [9.17, 15) is 8.42 Å². The Morgan fingerprint density at radius 2 is 1.83 bits per heavy atom. The zero-order chi connectivity index (χ0) is 13.8. The van der Waals surface area contributed by atoms with Crippen LogP contribution in [0, 0.1) is 0 Å². The number of hydrogen-bond acceptors (Lipinski definition) is 4. The van der Waals surface area contributed by atoms with Crippen LogP contribution in [-0.2, 0) is 14.8 Å². The average Bonchev–Trinajstić information content (AvgIpc) is 2.35. The Bertz CT molecular complexity index is 337. The summed E-state index contributed by atoms with van der Waals surface area (Å²) in [7, 11) is -1.53. The molecule has 1 aliphatic rings. The van der Waals surface area contributed by atoms with E-state index in [1.54, 1.807) is 18.3 Å². The van der Waals surface area contributed by atoms with E-state index in [1.807, 2.05) is 13.8 Å². The van der Waals surface area contributed by atoms with Gasteiger partial charge in [0.1, 0.15) is 0 Å². The quantitative estimate of drug-likeness (QED) is 0.781. The standard InChI is InChI=1S/C12H26N2O3S/c1-10(2)13-9-11(3)18(15,16)14(4)12-5-7-17-8-6-12/h10-13H,5-9H2,1-4H3. The molecule has 0 aromatic heterocycles. The van der Waals surface area contributed by atoms with Crippen LogP contribution in [0.4, 0.5) is 0 Å². The highest BCUT2D eigenvalue weighted by Crippen LogP contribution is 2.18. The first-order valence-electron chi connectivity index (χ1n) is 6.63. The maximum absolute atomic E-state index is 12.4. The van der Waals surface area contributed by atoms with Crippen molar-refractivity contribution in [2.24, 2.45) is 0 Å². The molecule has 1 fully saturated rings. The van der Waals surface area contributed by atoms with Gasteiger partial charge < -0.3 is 10.1 Å². The maximum Gasteiger partial charge on any atom is 0.217 e. The molecule has 0 bridgehead atoms. The molecule has 1 heterocycles. The summed E-state index contributed by atoms with van der Waals surface area (Å²) < 4.78 is 31.6. The van der Waals surface area contributed by atoms with Crippen molar-refractivity contribution in [3.8, 4) is 0 Å². The fourth-order valence-electron chi connectivity index (χ4n) is 2.05. The van der Waals surface area contributed by atoms with E-state index in [1.165, 1.54) is 0 Å². The number of nitrogens with one attached hydrogen (secondary N) is 1. The highest BCUT2D eigenvalue weighted by atomic mass is 32.2. The van der Waals surface area contributed by atoms with Crippen LogP contribution >= 0.6 is 0 Å². The van der Waals surface area contributed by atoms with E-state index in [0.717, 1.165) is 12.8 Å². The Labute approximate surface area is 111 Å². The van der Waals surface area contributed by atoms with Crippen LogP contribution in [0.2, 0.25) is 0 Å². The van der Waals surface area contributed by atoms with Crippen molar-refractivity contribution < 1.29 is 13.2 Å². The van der Waals surface area contributed by atoms with Gasteiger partial charge in [-0.15, -0.1) is 0 Å². The third-order valence-electron chi connectivity index (χ3n) is 3.43. The minimum Gasteiger partial charge on any atom is -0.381 e. The first-order valence-corrected chi connectivity index (χ1v) is 8.14. The summed E-state index contributed by atoms with van der Waals surface area (Å²) in [5, 5.41) is 2.78. The first-order chi connectivity index (χ1) is 8.35. The van der Waals surface area contributed by atoms with Gasteiger partial charge in [-0.2, -0.15) is 0 Å². The summed E-state index contributed by atoms with van der Waals surface area (Å²) in [6.45, 7) is 7.60. The molecule has 6 heteroatoms. The highest BCUT2D eigenvalue weighted by molar-refractivity contribution is 7.89. The number of sulfonamides is 1. The van der Waals surface area contributed by atoms with Crippen LogP contribution in [0.3, 0.4) is 0 Å². The molecule has 0 aromatic rings. The van der Waals surface area contributed by atoms with Crippen molar-refractivity contribution in [3.05, 3.63) is 0 Å². The predicted octanol–water partition coefficient (Wildman–Crippen LogP) is 0.814. The monoisotopic (exact) mass is 278 g/mol. The van der Waals surface area contributed by atoms with Gasteiger partial charge in [-0.3, -0.25) is 0 Å². The van der Waals surface area contributed by atoms with Crippen molar-refractivity contribution in [1.29, 1.82) is 0 Å². The van der Waals surface area contributed by atoms with Crippen molar-refractivity contribution in [2.45, 2.75) is 50.9 Å². The summed E-state index contributed by atoms with van der Waals surface area (Å²) in [6, 6.07) is 0.390.